The molecule has 0 aliphatic rings. The third kappa shape index (κ3) is 9.53. The standard InChI is InChI=1S/C13H27N5O3/c1-13(2,3)21-12(20)18-9(10(19)15-4)7-6-8-17-11(14)16-5/h9H,6-8H2,1-5H3,(H,15,19)(H,18,20)(H3,14,16,17). The molecule has 0 aromatic carbocycles. The van der Waals surface area contributed by atoms with Crippen molar-refractivity contribution in [3.8, 4) is 0 Å². The highest BCUT2D eigenvalue weighted by Crippen LogP contribution is 2.07. The topological polar surface area (TPSA) is 118 Å². The number of hydrogen-bond donors (Lipinski definition) is 4. The largest absolute Gasteiger partial charge is 0.444 e. The van der Waals surface area contributed by atoms with Crippen LogP contribution in [0.1, 0.15) is 33.6 Å². The summed E-state index contributed by atoms with van der Waals surface area (Å²) in [5, 5.41) is 7.97. The Labute approximate surface area is 125 Å². The highest BCUT2D eigenvalue weighted by Gasteiger charge is 2.23. The van der Waals surface area contributed by atoms with E-state index >= 15 is 0 Å². The minimum absolute atomic E-state index is 0.266. The fraction of sp³-hybridized carbons (Fsp3) is 0.769. The Kier molecular flexibility index (Phi) is 8.18. The Morgan fingerprint density at radius 2 is 1.95 bits per heavy atom. The first-order valence-electron chi connectivity index (χ1n) is 6.87. The number of aliphatic imine (C=N–C) groups is 1. The van der Waals surface area contributed by atoms with Crippen molar-refractivity contribution in [1.82, 2.24) is 16.0 Å². The van der Waals surface area contributed by atoms with E-state index in [0.717, 1.165) is 0 Å². The number of amides is 2. The minimum atomic E-state index is -0.647. The molecule has 0 fully saturated rings. The summed E-state index contributed by atoms with van der Waals surface area (Å²) in [7, 11) is 3.10. The Hall–Kier alpha value is -1.99. The molecule has 0 radical (unpaired) electrons. The number of rotatable bonds is 6. The zero-order valence-corrected chi connectivity index (χ0v) is 13.4. The number of nitrogens with two attached hydrogens (primary N) is 1. The molecule has 8 heteroatoms. The van der Waals surface area contributed by atoms with Gasteiger partial charge in [0.1, 0.15) is 11.6 Å². The molecule has 0 saturated carbocycles. The van der Waals surface area contributed by atoms with E-state index in [-0.39, 0.29) is 5.91 Å². The Balaban J connectivity index is 4.34. The summed E-state index contributed by atoms with van der Waals surface area (Å²) in [6.45, 7) is 5.85. The zero-order chi connectivity index (χ0) is 16.5. The molecule has 0 aliphatic carbocycles. The van der Waals surface area contributed by atoms with Crippen molar-refractivity contribution in [1.29, 1.82) is 0 Å². The third-order valence-electron chi connectivity index (χ3n) is 2.47. The second-order valence-corrected chi connectivity index (χ2v) is 5.49. The minimum Gasteiger partial charge on any atom is -0.444 e. The van der Waals surface area contributed by atoms with Gasteiger partial charge in [-0.1, -0.05) is 0 Å². The van der Waals surface area contributed by atoms with Crippen LogP contribution >= 0.6 is 0 Å². The van der Waals surface area contributed by atoms with Crippen LogP contribution in [0.5, 0.6) is 0 Å². The average molecular weight is 301 g/mol. The molecule has 0 spiro atoms. The van der Waals surface area contributed by atoms with Crippen LogP contribution in [0, 0.1) is 0 Å². The predicted octanol–water partition coefficient (Wildman–Crippen LogP) is -0.0600. The second kappa shape index (κ2) is 9.04. The number of hydrogen-bond acceptors (Lipinski definition) is 4. The van der Waals surface area contributed by atoms with Gasteiger partial charge in [-0.3, -0.25) is 9.79 Å². The molecule has 0 heterocycles. The number of ether oxygens (including phenoxy) is 1. The van der Waals surface area contributed by atoms with E-state index < -0.39 is 17.7 Å². The van der Waals surface area contributed by atoms with E-state index in [1.807, 2.05) is 0 Å². The highest BCUT2D eigenvalue weighted by molar-refractivity contribution is 5.85. The van der Waals surface area contributed by atoms with Crippen molar-refractivity contribution >= 4 is 18.0 Å². The van der Waals surface area contributed by atoms with E-state index in [1.165, 1.54) is 7.05 Å². The summed E-state index contributed by atoms with van der Waals surface area (Å²) in [6, 6.07) is -0.647. The molecule has 1 atom stereocenters. The quantitative estimate of drug-likeness (QED) is 0.311. The Bertz CT molecular complexity index is 376. The molecule has 1 unspecified atom stereocenters. The van der Waals surface area contributed by atoms with Gasteiger partial charge in [0.25, 0.3) is 0 Å². The van der Waals surface area contributed by atoms with Crippen LogP contribution in [0.2, 0.25) is 0 Å². The van der Waals surface area contributed by atoms with Gasteiger partial charge in [0.05, 0.1) is 0 Å². The number of carbonyl (C=O) groups is 2. The van der Waals surface area contributed by atoms with E-state index in [9.17, 15) is 9.59 Å². The number of carbonyl (C=O) groups excluding carboxylic acids is 2. The molecule has 2 amide bonds. The van der Waals surface area contributed by atoms with Crippen LogP contribution in [0.15, 0.2) is 4.99 Å². The lowest BCUT2D eigenvalue weighted by atomic mass is 10.1. The molecule has 0 aromatic rings. The number of alkyl carbamates (subject to hydrolysis) is 1. The smallest absolute Gasteiger partial charge is 0.408 e. The van der Waals surface area contributed by atoms with Crippen molar-refractivity contribution in [3.05, 3.63) is 0 Å². The highest BCUT2D eigenvalue weighted by atomic mass is 16.6. The molecular formula is C13H27N5O3. The molecule has 8 nitrogen and oxygen atoms in total. The summed E-state index contributed by atoms with van der Waals surface area (Å²) < 4.78 is 5.14. The second-order valence-electron chi connectivity index (χ2n) is 5.49. The van der Waals surface area contributed by atoms with Gasteiger partial charge >= 0.3 is 6.09 Å². The number of likely N-dealkylation sites (N-methyl/N-ethyl adjacent to an activating group) is 1. The monoisotopic (exact) mass is 301 g/mol. The molecule has 0 rings (SSSR count). The summed E-state index contributed by atoms with van der Waals surface area (Å²) in [5.74, 6) is 0.0737. The van der Waals surface area contributed by atoms with Gasteiger partial charge in [-0.05, 0) is 33.6 Å². The molecule has 0 saturated heterocycles. The molecule has 21 heavy (non-hydrogen) atoms. The van der Waals surface area contributed by atoms with Crippen LogP contribution in [0.3, 0.4) is 0 Å². The van der Waals surface area contributed by atoms with Crippen molar-refractivity contribution in [2.24, 2.45) is 10.7 Å². The number of nitrogens with zero attached hydrogens (tertiary/aromatic N) is 1. The molecule has 0 aromatic heterocycles. The first-order chi connectivity index (χ1) is 9.69. The average Bonchev–Trinajstić information content (AvgIpc) is 2.38. The van der Waals surface area contributed by atoms with Crippen LogP contribution in [0.4, 0.5) is 4.79 Å². The first kappa shape index (κ1) is 19.0. The third-order valence-corrected chi connectivity index (χ3v) is 2.47. The van der Waals surface area contributed by atoms with Gasteiger partial charge < -0.3 is 26.4 Å². The summed E-state index contributed by atoms with van der Waals surface area (Å²) in [5.41, 5.74) is 4.89. The summed E-state index contributed by atoms with van der Waals surface area (Å²) >= 11 is 0. The van der Waals surface area contributed by atoms with Crippen LogP contribution in [-0.4, -0.2) is 50.2 Å². The van der Waals surface area contributed by atoms with Crippen LogP contribution in [-0.2, 0) is 9.53 Å². The van der Waals surface area contributed by atoms with Gasteiger partial charge in [-0.2, -0.15) is 0 Å². The SMILES string of the molecule is CN=C(N)NCCCC(NC(=O)OC(C)(C)C)C(=O)NC. The van der Waals surface area contributed by atoms with Gasteiger partial charge in [-0.15, -0.1) is 0 Å². The van der Waals surface area contributed by atoms with Crippen molar-refractivity contribution in [2.75, 3.05) is 20.6 Å². The maximum Gasteiger partial charge on any atom is 0.408 e. The van der Waals surface area contributed by atoms with Gasteiger partial charge in [0.2, 0.25) is 5.91 Å². The zero-order valence-electron chi connectivity index (χ0n) is 13.4. The number of nitrogens with one attached hydrogen (secondary N) is 3. The van der Waals surface area contributed by atoms with Crippen molar-refractivity contribution in [3.63, 3.8) is 0 Å². The Morgan fingerprint density at radius 3 is 2.43 bits per heavy atom. The Morgan fingerprint density at radius 1 is 1.33 bits per heavy atom. The summed E-state index contributed by atoms with van der Waals surface area (Å²) in [6.07, 6.45) is 0.492. The molecule has 122 valence electrons. The lowest BCUT2D eigenvalue weighted by Gasteiger charge is -2.23. The van der Waals surface area contributed by atoms with Crippen LogP contribution in [0.25, 0.3) is 0 Å². The normalized spacial score (nSPS) is 13.3. The molecule has 0 aliphatic heterocycles. The van der Waals surface area contributed by atoms with E-state index in [1.54, 1.807) is 27.8 Å². The maximum atomic E-state index is 11.7. The predicted molar refractivity (Wildman–Crippen MR) is 82.0 cm³/mol. The van der Waals surface area contributed by atoms with Crippen molar-refractivity contribution in [2.45, 2.75) is 45.3 Å². The lowest BCUT2D eigenvalue weighted by molar-refractivity contribution is -0.122. The van der Waals surface area contributed by atoms with E-state index in [2.05, 4.69) is 20.9 Å². The molecule has 0 bridgehead atoms. The van der Waals surface area contributed by atoms with Crippen LogP contribution < -0.4 is 21.7 Å². The fourth-order valence-electron chi connectivity index (χ4n) is 1.49. The summed E-state index contributed by atoms with van der Waals surface area (Å²) in [4.78, 5) is 27.2. The van der Waals surface area contributed by atoms with Crippen molar-refractivity contribution < 1.29 is 14.3 Å². The molecule has 5 N–H and O–H groups in total. The maximum absolute atomic E-state index is 11.7. The van der Waals surface area contributed by atoms with Gasteiger partial charge in [0.15, 0.2) is 5.96 Å². The lowest BCUT2D eigenvalue weighted by Crippen LogP contribution is -2.47. The number of guanidine groups is 1. The fourth-order valence-corrected chi connectivity index (χ4v) is 1.49. The van der Waals surface area contributed by atoms with E-state index in [0.29, 0.717) is 25.3 Å². The molecular weight excluding hydrogens is 274 g/mol. The van der Waals surface area contributed by atoms with E-state index in [4.69, 9.17) is 10.5 Å². The van der Waals surface area contributed by atoms with Gasteiger partial charge in [0, 0.05) is 20.6 Å². The first-order valence-corrected chi connectivity index (χ1v) is 6.87. The van der Waals surface area contributed by atoms with Gasteiger partial charge in [-0.25, -0.2) is 4.79 Å².